The number of amides is 1. The van der Waals surface area contributed by atoms with E-state index in [1.807, 2.05) is 30.3 Å². The van der Waals surface area contributed by atoms with Gasteiger partial charge in [-0.15, -0.1) is 0 Å². The van der Waals surface area contributed by atoms with Crippen molar-refractivity contribution < 1.29 is 18.7 Å². The molecule has 5 heteroatoms. The molecule has 1 aromatic rings. The summed E-state index contributed by atoms with van der Waals surface area (Å²) >= 11 is 0. The van der Waals surface area contributed by atoms with Gasteiger partial charge in [0.2, 0.25) is 0 Å². The molecule has 1 rings (SSSR count). The molecule has 0 unspecified atom stereocenters. The summed E-state index contributed by atoms with van der Waals surface area (Å²) in [5, 5.41) is 2.53. The van der Waals surface area contributed by atoms with E-state index in [2.05, 4.69) is 5.32 Å². The molecule has 1 atom stereocenters. The molecule has 0 spiro atoms. The monoisotopic (exact) mass is 281 g/mol. The third kappa shape index (κ3) is 6.87. The van der Waals surface area contributed by atoms with E-state index in [4.69, 9.17) is 4.74 Å². The number of hydrogen-bond donors (Lipinski definition) is 1. The van der Waals surface area contributed by atoms with Gasteiger partial charge >= 0.3 is 12.1 Å². The zero-order valence-electron chi connectivity index (χ0n) is 12.0. The second-order valence-corrected chi connectivity index (χ2v) is 5.59. The Bertz CT molecular complexity index is 454. The van der Waals surface area contributed by atoms with Gasteiger partial charge in [0.05, 0.1) is 6.42 Å². The van der Waals surface area contributed by atoms with Crippen molar-refractivity contribution in [3.05, 3.63) is 35.9 Å². The summed E-state index contributed by atoms with van der Waals surface area (Å²) < 4.78 is 17.7. The predicted molar refractivity (Wildman–Crippen MR) is 74.0 cm³/mol. The number of nitrogens with one attached hydrogen (secondary N) is 1. The van der Waals surface area contributed by atoms with Crippen LogP contribution in [0.5, 0.6) is 0 Å². The Morgan fingerprint density at radius 2 is 1.85 bits per heavy atom. The highest BCUT2D eigenvalue weighted by Crippen LogP contribution is 2.10. The van der Waals surface area contributed by atoms with Crippen LogP contribution < -0.4 is 5.32 Å². The molecule has 0 aliphatic rings. The number of hydrogen-bond acceptors (Lipinski definition) is 3. The van der Waals surface area contributed by atoms with Crippen molar-refractivity contribution in [1.82, 2.24) is 5.32 Å². The third-order valence-electron chi connectivity index (χ3n) is 2.45. The lowest BCUT2D eigenvalue weighted by Crippen LogP contribution is -2.41. The average Bonchev–Trinajstić information content (AvgIpc) is 2.26. The van der Waals surface area contributed by atoms with Gasteiger partial charge in [0, 0.05) is 6.04 Å². The summed E-state index contributed by atoms with van der Waals surface area (Å²) in [6.07, 6.45) is -0.649. The quantitative estimate of drug-likeness (QED) is 0.844. The molecule has 0 heterocycles. The number of benzene rings is 1. The molecule has 0 bridgehead atoms. The van der Waals surface area contributed by atoms with E-state index in [9.17, 15) is 14.0 Å². The largest absolute Gasteiger partial charge is 0.444 e. The van der Waals surface area contributed by atoms with Gasteiger partial charge < -0.3 is 10.1 Å². The van der Waals surface area contributed by atoms with Crippen molar-refractivity contribution in [2.24, 2.45) is 0 Å². The van der Waals surface area contributed by atoms with Gasteiger partial charge in [-0.1, -0.05) is 30.3 Å². The van der Waals surface area contributed by atoms with E-state index in [-0.39, 0.29) is 6.42 Å². The van der Waals surface area contributed by atoms with Crippen molar-refractivity contribution in [2.75, 3.05) is 0 Å². The van der Waals surface area contributed by atoms with Gasteiger partial charge in [-0.3, -0.25) is 4.79 Å². The van der Waals surface area contributed by atoms with Crippen molar-refractivity contribution >= 4 is 12.1 Å². The molecule has 4 nitrogen and oxygen atoms in total. The zero-order valence-corrected chi connectivity index (χ0v) is 12.0. The molecule has 1 N–H and O–H groups in total. The van der Waals surface area contributed by atoms with Crippen LogP contribution in [0.3, 0.4) is 0 Å². The fraction of sp³-hybridized carbons (Fsp3) is 0.467. The van der Waals surface area contributed by atoms with Crippen molar-refractivity contribution in [3.63, 3.8) is 0 Å². The Morgan fingerprint density at radius 1 is 1.25 bits per heavy atom. The lowest BCUT2D eigenvalue weighted by atomic mass is 10.0. The minimum atomic E-state index is -1.46. The summed E-state index contributed by atoms with van der Waals surface area (Å²) in [6.45, 7) is 5.21. The predicted octanol–water partition coefficient (Wildman–Crippen LogP) is 3.01. The fourth-order valence-electron chi connectivity index (χ4n) is 1.74. The first-order valence-corrected chi connectivity index (χ1v) is 6.48. The maximum Gasteiger partial charge on any atom is 0.407 e. The van der Waals surface area contributed by atoms with Crippen LogP contribution in [0.25, 0.3) is 0 Å². The molecule has 110 valence electrons. The first-order valence-electron chi connectivity index (χ1n) is 6.48. The Balaban J connectivity index is 2.65. The SMILES string of the molecule is CC(C)(C)OC(=O)N[C@H](CC(=O)F)Cc1ccccc1. The second-order valence-electron chi connectivity index (χ2n) is 5.59. The van der Waals surface area contributed by atoms with Gasteiger partial charge in [0.1, 0.15) is 5.60 Å². The highest BCUT2D eigenvalue weighted by atomic mass is 19.1. The molecule has 0 saturated carbocycles. The lowest BCUT2D eigenvalue weighted by molar-refractivity contribution is -0.129. The van der Waals surface area contributed by atoms with E-state index in [0.29, 0.717) is 6.42 Å². The first-order chi connectivity index (χ1) is 9.26. The van der Waals surface area contributed by atoms with Crippen LogP contribution in [-0.2, 0) is 16.0 Å². The molecule has 0 aromatic heterocycles. The van der Waals surface area contributed by atoms with Crippen LogP contribution >= 0.6 is 0 Å². The molecular formula is C15H20FNO3. The Hall–Kier alpha value is -1.91. The van der Waals surface area contributed by atoms with Gasteiger partial charge in [-0.2, -0.15) is 4.39 Å². The molecular weight excluding hydrogens is 261 g/mol. The topological polar surface area (TPSA) is 55.4 Å². The Labute approximate surface area is 118 Å². The number of rotatable bonds is 5. The minimum Gasteiger partial charge on any atom is -0.444 e. The average molecular weight is 281 g/mol. The molecule has 0 fully saturated rings. The van der Waals surface area contributed by atoms with Gasteiger partial charge in [-0.25, -0.2) is 4.79 Å². The standard InChI is InChI=1S/C15H20FNO3/c1-15(2,3)20-14(19)17-12(10-13(16)18)9-11-7-5-4-6-8-11/h4-8,12H,9-10H2,1-3H3,(H,17,19)/t12-/m0/s1. The van der Waals surface area contributed by atoms with Crippen molar-refractivity contribution in [3.8, 4) is 0 Å². The maximum absolute atomic E-state index is 12.6. The minimum absolute atomic E-state index is 0.367. The van der Waals surface area contributed by atoms with Crippen LogP contribution in [0, 0.1) is 0 Å². The maximum atomic E-state index is 12.6. The van der Waals surface area contributed by atoms with Crippen LogP contribution in [-0.4, -0.2) is 23.8 Å². The summed E-state index contributed by atoms with van der Waals surface area (Å²) in [6, 6.07) is 7.18. The van der Waals surface area contributed by atoms with E-state index in [1.165, 1.54) is 0 Å². The highest BCUT2D eigenvalue weighted by Gasteiger charge is 2.21. The molecule has 0 aliphatic heterocycles. The molecule has 0 aliphatic carbocycles. The number of halogens is 1. The van der Waals surface area contributed by atoms with Crippen LogP contribution in [0.1, 0.15) is 32.8 Å². The van der Waals surface area contributed by atoms with Gasteiger partial charge in [0.15, 0.2) is 0 Å². The molecule has 1 aromatic carbocycles. The Kier molecular flexibility index (Phi) is 5.67. The second kappa shape index (κ2) is 7.03. The van der Waals surface area contributed by atoms with E-state index < -0.39 is 23.8 Å². The number of alkyl carbamates (subject to hydrolysis) is 1. The molecule has 20 heavy (non-hydrogen) atoms. The molecule has 0 saturated heterocycles. The number of carbonyl (C=O) groups is 2. The van der Waals surface area contributed by atoms with Crippen molar-refractivity contribution in [1.29, 1.82) is 0 Å². The smallest absolute Gasteiger partial charge is 0.407 e. The number of carbonyl (C=O) groups excluding carboxylic acids is 2. The normalized spacial score (nSPS) is 12.6. The molecule has 0 radical (unpaired) electrons. The lowest BCUT2D eigenvalue weighted by Gasteiger charge is -2.23. The van der Waals surface area contributed by atoms with Crippen LogP contribution in [0.4, 0.5) is 9.18 Å². The van der Waals surface area contributed by atoms with E-state index >= 15 is 0 Å². The summed E-state index contributed by atoms with van der Waals surface area (Å²) in [5.74, 6) is 0. The van der Waals surface area contributed by atoms with Gasteiger partial charge in [-0.05, 0) is 32.8 Å². The summed E-state index contributed by atoms with van der Waals surface area (Å²) in [4.78, 5) is 22.3. The van der Waals surface area contributed by atoms with Gasteiger partial charge in [0.25, 0.3) is 0 Å². The van der Waals surface area contributed by atoms with E-state index in [0.717, 1.165) is 5.56 Å². The third-order valence-corrected chi connectivity index (χ3v) is 2.45. The first kappa shape index (κ1) is 16.1. The summed E-state index contributed by atoms with van der Waals surface area (Å²) in [7, 11) is 0. The van der Waals surface area contributed by atoms with E-state index in [1.54, 1.807) is 20.8 Å². The fourth-order valence-corrected chi connectivity index (χ4v) is 1.74. The molecule has 1 amide bonds. The zero-order chi connectivity index (χ0) is 15.2. The highest BCUT2D eigenvalue weighted by molar-refractivity contribution is 5.72. The van der Waals surface area contributed by atoms with Crippen LogP contribution in [0.15, 0.2) is 30.3 Å². The Morgan fingerprint density at radius 3 is 2.35 bits per heavy atom. The number of ether oxygens (including phenoxy) is 1. The van der Waals surface area contributed by atoms with Crippen molar-refractivity contribution in [2.45, 2.75) is 45.3 Å². The van der Waals surface area contributed by atoms with Crippen LogP contribution in [0.2, 0.25) is 0 Å². The summed E-state index contributed by atoms with van der Waals surface area (Å²) in [5.41, 5.74) is 0.274.